The van der Waals surface area contributed by atoms with E-state index >= 15 is 0 Å². The number of hydrogen-bond donors (Lipinski definition) is 2. The van der Waals surface area contributed by atoms with Crippen LogP contribution in [0.1, 0.15) is 27.2 Å². The van der Waals surface area contributed by atoms with Crippen molar-refractivity contribution in [2.24, 2.45) is 16.8 Å². The first kappa shape index (κ1) is 15.2. The van der Waals surface area contributed by atoms with Crippen molar-refractivity contribution in [3.63, 3.8) is 0 Å². The maximum absolute atomic E-state index is 8.46. The van der Waals surface area contributed by atoms with Gasteiger partial charge in [-0.25, -0.2) is 0 Å². The third kappa shape index (κ3) is 8.49. The van der Waals surface area contributed by atoms with Gasteiger partial charge in [-0.2, -0.15) is 0 Å². The van der Waals surface area contributed by atoms with E-state index in [-0.39, 0.29) is 5.84 Å². The molecular formula is C11H25N3O2. The molecule has 0 saturated heterocycles. The van der Waals surface area contributed by atoms with E-state index in [4.69, 9.17) is 15.7 Å². The summed E-state index contributed by atoms with van der Waals surface area (Å²) >= 11 is 0. The van der Waals surface area contributed by atoms with Crippen molar-refractivity contribution in [2.75, 3.05) is 32.8 Å². The molecule has 0 fully saturated rings. The molecule has 0 aromatic carbocycles. The van der Waals surface area contributed by atoms with Gasteiger partial charge in [-0.3, -0.25) is 0 Å². The van der Waals surface area contributed by atoms with Crippen LogP contribution in [-0.2, 0) is 4.74 Å². The Labute approximate surface area is 98.2 Å². The Morgan fingerprint density at radius 3 is 2.62 bits per heavy atom. The molecule has 0 rings (SSSR count). The molecule has 0 bridgehead atoms. The number of ether oxygens (including phenoxy) is 1. The van der Waals surface area contributed by atoms with Crippen LogP contribution in [0, 0.1) is 5.92 Å². The van der Waals surface area contributed by atoms with Gasteiger partial charge in [0.05, 0.1) is 6.61 Å². The zero-order valence-electron chi connectivity index (χ0n) is 10.6. The summed E-state index contributed by atoms with van der Waals surface area (Å²) in [4.78, 5) is 2.28. The SMILES string of the molecule is CCOCCN(CCC(N)=NO)CC(C)C. The minimum atomic E-state index is 0.283. The standard InChI is InChI=1S/C11H25N3O2/c1-4-16-8-7-14(9-10(2)3)6-5-11(12)13-15/h10,15H,4-9H2,1-3H3,(H2,12,13). The highest BCUT2D eigenvalue weighted by atomic mass is 16.5. The van der Waals surface area contributed by atoms with Crippen molar-refractivity contribution in [1.82, 2.24) is 4.90 Å². The van der Waals surface area contributed by atoms with Gasteiger partial charge >= 0.3 is 0 Å². The molecule has 0 aliphatic rings. The first-order valence-electron chi connectivity index (χ1n) is 5.86. The Morgan fingerprint density at radius 2 is 2.12 bits per heavy atom. The van der Waals surface area contributed by atoms with Crippen LogP contribution in [0.5, 0.6) is 0 Å². The lowest BCUT2D eigenvalue weighted by Crippen LogP contribution is -2.34. The predicted molar refractivity (Wildman–Crippen MR) is 65.8 cm³/mol. The summed E-state index contributed by atoms with van der Waals surface area (Å²) in [6.07, 6.45) is 0.593. The fourth-order valence-electron chi connectivity index (χ4n) is 1.47. The monoisotopic (exact) mass is 231 g/mol. The van der Waals surface area contributed by atoms with E-state index in [1.54, 1.807) is 0 Å². The summed E-state index contributed by atoms with van der Waals surface area (Å²) in [7, 11) is 0. The summed E-state index contributed by atoms with van der Waals surface area (Å²) in [6.45, 7) is 10.5. The zero-order valence-corrected chi connectivity index (χ0v) is 10.6. The van der Waals surface area contributed by atoms with Gasteiger partial charge in [-0.15, -0.1) is 0 Å². The number of nitrogens with two attached hydrogens (primary N) is 1. The molecule has 0 aliphatic carbocycles. The van der Waals surface area contributed by atoms with Gasteiger partial charge in [-0.1, -0.05) is 19.0 Å². The molecular weight excluding hydrogens is 206 g/mol. The summed E-state index contributed by atoms with van der Waals surface area (Å²) in [5, 5.41) is 11.4. The fourth-order valence-corrected chi connectivity index (χ4v) is 1.47. The van der Waals surface area contributed by atoms with E-state index in [2.05, 4.69) is 23.9 Å². The number of hydrogen-bond acceptors (Lipinski definition) is 4. The summed E-state index contributed by atoms with van der Waals surface area (Å²) in [6, 6.07) is 0. The molecule has 5 heteroatoms. The molecule has 16 heavy (non-hydrogen) atoms. The third-order valence-electron chi connectivity index (χ3n) is 2.19. The van der Waals surface area contributed by atoms with Gasteiger partial charge in [0.1, 0.15) is 5.84 Å². The highest BCUT2D eigenvalue weighted by molar-refractivity contribution is 5.79. The fraction of sp³-hybridized carbons (Fsp3) is 0.909. The Hall–Kier alpha value is -0.810. The highest BCUT2D eigenvalue weighted by Gasteiger charge is 2.08. The summed E-state index contributed by atoms with van der Waals surface area (Å²) < 4.78 is 5.33. The van der Waals surface area contributed by atoms with Gasteiger partial charge in [0.25, 0.3) is 0 Å². The molecule has 0 aromatic heterocycles. The molecule has 0 atom stereocenters. The van der Waals surface area contributed by atoms with Crippen molar-refractivity contribution in [1.29, 1.82) is 0 Å². The number of amidine groups is 1. The van der Waals surface area contributed by atoms with Crippen molar-refractivity contribution >= 4 is 5.84 Å². The third-order valence-corrected chi connectivity index (χ3v) is 2.19. The Morgan fingerprint density at radius 1 is 1.44 bits per heavy atom. The van der Waals surface area contributed by atoms with E-state index in [1.165, 1.54) is 0 Å². The first-order valence-corrected chi connectivity index (χ1v) is 5.86. The maximum Gasteiger partial charge on any atom is 0.140 e. The van der Waals surface area contributed by atoms with E-state index in [1.807, 2.05) is 6.92 Å². The van der Waals surface area contributed by atoms with E-state index in [0.717, 1.165) is 32.8 Å². The normalized spacial score (nSPS) is 12.7. The lowest BCUT2D eigenvalue weighted by molar-refractivity contribution is 0.109. The van der Waals surface area contributed by atoms with Crippen LogP contribution in [0.2, 0.25) is 0 Å². The second-order valence-electron chi connectivity index (χ2n) is 4.23. The highest BCUT2D eigenvalue weighted by Crippen LogP contribution is 2.00. The Balaban J connectivity index is 3.89. The van der Waals surface area contributed by atoms with Gasteiger partial charge < -0.3 is 20.6 Å². The van der Waals surface area contributed by atoms with Crippen LogP contribution in [-0.4, -0.2) is 48.8 Å². The average Bonchev–Trinajstić information content (AvgIpc) is 2.24. The van der Waals surface area contributed by atoms with E-state index < -0.39 is 0 Å². The molecule has 0 saturated carbocycles. The minimum absolute atomic E-state index is 0.283. The van der Waals surface area contributed by atoms with E-state index in [9.17, 15) is 0 Å². The number of nitrogens with zero attached hydrogens (tertiary/aromatic N) is 2. The van der Waals surface area contributed by atoms with Crippen molar-refractivity contribution < 1.29 is 9.94 Å². The van der Waals surface area contributed by atoms with Crippen LogP contribution in [0.15, 0.2) is 5.16 Å². The van der Waals surface area contributed by atoms with Crippen LogP contribution in [0.4, 0.5) is 0 Å². The molecule has 0 radical (unpaired) electrons. The minimum Gasteiger partial charge on any atom is -0.409 e. The van der Waals surface area contributed by atoms with Crippen LogP contribution in [0.25, 0.3) is 0 Å². The molecule has 0 aliphatic heterocycles. The van der Waals surface area contributed by atoms with Crippen molar-refractivity contribution in [2.45, 2.75) is 27.2 Å². The summed E-state index contributed by atoms with van der Waals surface area (Å²) in [5.74, 6) is 0.888. The second kappa shape index (κ2) is 9.42. The molecule has 0 spiro atoms. The topological polar surface area (TPSA) is 71.1 Å². The van der Waals surface area contributed by atoms with Crippen LogP contribution >= 0.6 is 0 Å². The number of oxime groups is 1. The lowest BCUT2D eigenvalue weighted by atomic mass is 10.2. The maximum atomic E-state index is 8.46. The molecule has 96 valence electrons. The average molecular weight is 231 g/mol. The smallest absolute Gasteiger partial charge is 0.140 e. The Bertz CT molecular complexity index is 196. The van der Waals surface area contributed by atoms with Gasteiger partial charge in [-0.05, 0) is 12.8 Å². The summed E-state index contributed by atoms with van der Waals surface area (Å²) in [5.41, 5.74) is 5.45. The molecule has 0 amide bonds. The quantitative estimate of drug-likeness (QED) is 0.205. The van der Waals surface area contributed by atoms with Crippen LogP contribution < -0.4 is 5.73 Å². The van der Waals surface area contributed by atoms with Gasteiger partial charge in [0.15, 0.2) is 0 Å². The number of rotatable bonds is 9. The molecule has 5 nitrogen and oxygen atoms in total. The Kier molecular flexibility index (Phi) is 8.94. The van der Waals surface area contributed by atoms with Crippen molar-refractivity contribution in [3.8, 4) is 0 Å². The van der Waals surface area contributed by atoms with Crippen molar-refractivity contribution in [3.05, 3.63) is 0 Å². The molecule has 0 heterocycles. The zero-order chi connectivity index (χ0) is 12.4. The second-order valence-corrected chi connectivity index (χ2v) is 4.23. The predicted octanol–water partition coefficient (Wildman–Crippen LogP) is 1.12. The van der Waals surface area contributed by atoms with E-state index in [0.29, 0.717) is 12.3 Å². The largest absolute Gasteiger partial charge is 0.409 e. The molecule has 0 unspecified atom stereocenters. The van der Waals surface area contributed by atoms with Gasteiger partial charge in [0.2, 0.25) is 0 Å². The lowest BCUT2D eigenvalue weighted by Gasteiger charge is -2.23. The molecule has 0 aromatic rings. The van der Waals surface area contributed by atoms with Crippen LogP contribution in [0.3, 0.4) is 0 Å². The molecule has 3 N–H and O–H groups in total. The first-order chi connectivity index (χ1) is 7.60. The van der Waals surface area contributed by atoms with Gasteiger partial charge in [0, 0.05) is 32.7 Å².